The summed E-state index contributed by atoms with van der Waals surface area (Å²) in [6.07, 6.45) is 18.3. The summed E-state index contributed by atoms with van der Waals surface area (Å²) >= 11 is 0. The Hall–Kier alpha value is -2.69. The van der Waals surface area contributed by atoms with Gasteiger partial charge in [0.1, 0.15) is 6.61 Å². The van der Waals surface area contributed by atoms with Gasteiger partial charge in [0.15, 0.2) is 0 Å². The number of esters is 1. The quantitative estimate of drug-likeness (QED) is 0.432. The summed E-state index contributed by atoms with van der Waals surface area (Å²) in [6.45, 7) is 7.92. The van der Waals surface area contributed by atoms with Crippen LogP contribution in [-0.2, 0) is 14.3 Å². The molecule has 1 heterocycles. The van der Waals surface area contributed by atoms with E-state index in [2.05, 4.69) is 44.2 Å². The third-order valence-electron chi connectivity index (χ3n) is 7.17. The number of hydrogen-bond acceptors (Lipinski definition) is 4. The molecule has 5 rings (SSSR count). The molecule has 2 N–H and O–H groups in total. The fourth-order valence-corrected chi connectivity index (χ4v) is 5.14. The first kappa shape index (κ1) is 28.9. The molecule has 2 aromatic carbocycles. The summed E-state index contributed by atoms with van der Waals surface area (Å²) in [6, 6.07) is 14.7. The Bertz CT molecular complexity index is 1050. The summed E-state index contributed by atoms with van der Waals surface area (Å²) in [5, 5.41) is 2.53. The average Bonchev–Trinajstić information content (AvgIpc) is 3.27. The van der Waals surface area contributed by atoms with Crippen LogP contribution in [0.3, 0.4) is 0 Å². The second kappa shape index (κ2) is 15.5. The van der Waals surface area contributed by atoms with Gasteiger partial charge in [0.2, 0.25) is 0 Å². The average molecular weight is 504 g/mol. The minimum atomic E-state index is -0.254. The predicted molar refractivity (Wildman–Crippen MR) is 154 cm³/mol. The Kier molecular flexibility index (Phi) is 12.1. The minimum Gasteiger partial charge on any atom is -0.459 e. The van der Waals surface area contributed by atoms with Crippen molar-refractivity contribution in [2.75, 3.05) is 13.2 Å². The monoisotopic (exact) mass is 503 g/mol. The molecule has 0 amide bonds. The molecule has 2 aromatic rings. The van der Waals surface area contributed by atoms with Crippen LogP contribution in [0.1, 0.15) is 77.3 Å². The molecule has 0 spiro atoms. The van der Waals surface area contributed by atoms with Gasteiger partial charge >= 0.3 is 5.97 Å². The molecule has 1 aliphatic heterocycles. The van der Waals surface area contributed by atoms with Gasteiger partial charge < -0.3 is 15.2 Å². The smallest absolute Gasteiger partial charge is 0.337 e. The van der Waals surface area contributed by atoms with E-state index < -0.39 is 0 Å². The molecular formula is C33H45NO3. The van der Waals surface area contributed by atoms with Gasteiger partial charge in [-0.15, -0.1) is 0 Å². The van der Waals surface area contributed by atoms with Crippen molar-refractivity contribution < 1.29 is 14.3 Å². The van der Waals surface area contributed by atoms with E-state index in [0.29, 0.717) is 12.2 Å². The van der Waals surface area contributed by atoms with Gasteiger partial charge in [0.05, 0.1) is 11.7 Å². The largest absolute Gasteiger partial charge is 0.459 e. The number of allylic oxidation sites excluding steroid dienone is 4. The molecule has 2 aliphatic carbocycles. The van der Waals surface area contributed by atoms with E-state index in [4.69, 9.17) is 15.2 Å². The normalized spacial score (nSPS) is 23.6. The molecule has 2 fully saturated rings. The second-order valence-corrected chi connectivity index (χ2v) is 10.6. The molecule has 4 unspecified atom stereocenters. The number of carbonyl (C=O) groups is 1. The zero-order chi connectivity index (χ0) is 26.5. The maximum absolute atomic E-state index is 11.7. The molecular weight excluding hydrogens is 458 g/mol. The Morgan fingerprint density at radius 3 is 2.46 bits per heavy atom. The lowest BCUT2D eigenvalue weighted by atomic mass is 9.84. The highest BCUT2D eigenvalue weighted by Crippen LogP contribution is 2.27. The van der Waals surface area contributed by atoms with Crippen LogP contribution in [0, 0.1) is 11.8 Å². The van der Waals surface area contributed by atoms with E-state index in [9.17, 15) is 4.79 Å². The highest BCUT2D eigenvalue weighted by atomic mass is 16.6. The topological polar surface area (TPSA) is 61.6 Å². The lowest BCUT2D eigenvalue weighted by molar-refractivity contribution is -0.141. The first-order valence-corrected chi connectivity index (χ1v) is 14.0. The fraction of sp³-hybridized carbons (Fsp3) is 0.485. The number of rotatable bonds is 4. The first-order valence-electron chi connectivity index (χ1n) is 14.0. The lowest BCUT2D eigenvalue weighted by Crippen LogP contribution is -2.18. The molecule has 3 aliphatic rings. The summed E-state index contributed by atoms with van der Waals surface area (Å²) in [7, 11) is 0. The van der Waals surface area contributed by atoms with Crippen LogP contribution in [-0.4, -0.2) is 25.3 Å². The fourth-order valence-electron chi connectivity index (χ4n) is 5.14. The number of ether oxygens (including phenoxy) is 2. The van der Waals surface area contributed by atoms with E-state index in [1.807, 2.05) is 43.4 Å². The second-order valence-electron chi connectivity index (χ2n) is 10.6. The van der Waals surface area contributed by atoms with E-state index >= 15 is 0 Å². The third-order valence-corrected chi connectivity index (χ3v) is 7.17. The molecule has 0 aromatic heterocycles. The van der Waals surface area contributed by atoms with Gasteiger partial charge in [-0.3, -0.25) is 0 Å². The highest BCUT2D eigenvalue weighted by molar-refractivity contribution is 5.91. The molecule has 1 saturated heterocycles. The van der Waals surface area contributed by atoms with Crippen molar-refractivity contribution >= 4 is 16.7 Å². The maximum Gasteiger partial charge on any atom is 0.337 e. The Morgan fingerprint density at radius 1 is 1.03 bits per heavy atom. The zero-order valence-corrected chi connectivity index (χ0v) is 22.9. The molecule has 4 atom stereocenters. The summed E-state index contributed by atoms with van der Waals surface area (Å²) in [5.74, 6) is 1.77. The van der Waals surface area contributed by atoms with Gasteiger partial charge in [-0.1, -0.05) is 99.9 Å². The molecule has 4 heteroatoms. The van der Waals surface area contributed by atoms with Crippen LogP contribution in [0.15, 0.2) is 78.4 Å². The Balaban J connectivity index is 0.000000163. The molecule has 37 heavy (non-hydrogen) atoms. The molecule has 200 valence electrons. The number of carbonyl (C=O) groups excluding carboxylic acids is 1. The first-order chi connectivity index (χ1) is 17.9. The van der Waals surface area contributed by atoms with Crippen molar-refractivity contribution in [2.45, 2.75) is 77.9 Å². The molecule has 4 nitrogen and oxygen atoms in total. The van der Waals surface area contributed by atoms with Crippen LogP contribution in [0.4, 0.5) is 0 Å². The van der Waals surface area contributed by atoms with Gasteiger partial charge in [-0.05, 0) is 66.9 Å². The van der Waals surface area contributed by atoms with Crippen molar-refractivity contribution in [3.05, 3.63) is 84.0 Å². The minimum absolute atomic E-state index is 0.0948. The van der Waals surface area contributed by atoms with Crippen LogP contribution >= 0.6 is 0 Å². The third kappa shape index (κ3) is 9.94. The van der Waals surface area contributed by atoms with E-state index in [1.54, 1.807) is 6.08 Å². The molecule has 0 radical (unpaired) electrons. The van der Waals surface area contributed by atoms with Crippen molar-refractivity contribution in [1.82, 2.24) is 0 Å². The van der Waals surface area contributed by atoms with Crippen LogP contribution in [0.25, 0.3) is 10.8 Å². The summed E-state index contributed by atoms with van der Waals surface area (Å²) in [4.78, 5) is 11.7. The van der Waals surface area contributed by atoms with Gasteiger partial charge in [0.25, 0.3) is 0 Å². The van der Waals surface area contributed by atoms with Gasteiger partial charge in [-0.25, -0.2) is 4.79 Å². The van der Waals surface area contributed by atoms with Crippen LogP contribution < -0.4 is 5.73 Å². The maximum atomic E-state index is 11.7. The van der Waals surface area contributed by atoms with Crippen molar-refractivity contribution in [3.8, 4) is 0 Å². The van der Waals surface area contributed by atoms with Crippen molar-refractivity contribution in [3.63, 3.8) is 0 Å². The highest BCUT2D eigenvalue weighted by Gasteiger charge is 2.18. The zero-order valence-electron chi connectivity index (χ0n) is 22.9. The van der Waals surface area contributed by atoms with E-state index in [-0.39, 0.29) is 18.1 Å². The van der Waals surface area contributed by atoms with Crippen molar-refractivity contribution in [1.29, 1.82) is 0 Å². The number of benzene rings is 2. The SMILES string of the molecule is CC(N)c1cccc2ccccc12.CC1CCCC(C)C1.O=C(OCC1CCCO1)C1=CCC=CC=C1. The van der Waals surface area contributed by atoms with E-state index in [1.165, 1.54) is 42.0 Å². The van der Waals surface area contributed by atoms with Gasteiger partial charge in [-0.2, -0.15) is 0 Å². The number of fused-ring (bicyclic) bond motifs is 1. The van der Waals surface area contributed by atoms with Crippen LogP contribution in [0.5, 0.6) is 0 Å². The Morgan fingerprint density at radius 2 is 1.78 bits per heavy atom. The van der Waals surface area contributed by atoms with Crippen LogP contribution in [0.2, 0.25) is 0 Å². The number of hydrogen-bond donors (Lipinski definition) is 1. The Labute approximate surface area is 223 Å². The summed E-state index contributed by atoms with van der Waals surface area (Å²) in [5.41, 5.74) is 7.73. The van der Waals surface area contributed by atoms with Gasteiger partial charge in [0, 0.05) is 12.6 Å². The molecule has 0 bridgehead atoms. The lowest BCUT2D eigenvalue weighted by Gasteiger charge is -2.22. The van der Waals surface area contributed by atoms with E-state index in [0.717, 1.165) is 37.7 Å². The predicted octanol–water partition coefficient (Wildman–Crippen LogP) is 7.84. The standard InChI is InChI=1S/C13H16O3.C12H13N.C8H16/c14-13(11-6-3-1-2-4-7-11)16-10-12-8-5-9-15-12;1-9(13)11-8-4-6-10-5-2-3-7-12(10)11;1-7-4-3-5-8(2)6-7/h1-3,6-7,12H,4-5,8-10H2;2-9H,13H2,1H3;7-8H,3-6H2,1-2H3. The summed E-state index contributed by atoms with van der Waals surface area (Å²) < 4.78 is 10.6. The number of nitrogens with two attached hydrogens (primary N) is 1. The molecule has 1 saturated carbocycles. The van der Waals surface area contributed by atoms with Crippen molar-refractivity contribution in [2.24, 2.45) is 17.6 Å².